The molecule has 1 amide bonds. The highest BCUT2D eigenvalue weighted by molar-refractivity contribution is 6.12. The average Bonchev–Trinajstić information content (AvgIpc) is 2.27. The second-order valence-corrected chi connectivity index (χ2v) is 3.54. The van der Waals surface area contributed by atoms with E-state index in [4.69, 9.17) is 9.84 Å². The highest BCUT2D eigenvalue weighted by atomic mass is 16.5. The van der Waals surface area contributed by atoms with Gasteiger partial charge in [-0.1, -0.05) is 0 Å². The van der Waals surface area contributed by atoms with Crippen LogP contribution in [0.1, 0.15) is 0 Å². The summed E-state index contributed by atoms with van der Waals surface area (Å²) in [5.74, 6) is -1.61. The predicted octanol–water partition coefficient (Wildman–Crippen LogP) is 0.743. The Hall–Kier alpha value is -2.04. The van der Waals surface area contributed by atoms with Gasteiger partial charge in [0.1, 0.15) is 5.75 Å². The van der Waals surface area contributed by atoms with Crippen LogP contribution in [-0.4, -0.2) is 30.6 Å². The monoisotopic (exact) mass is 221 g/mol. The third kappa shape index (κ3) is 1.60. The van der Waals surface area contributed by atoms with Crippen LogP contribution in [0.4, 0.5) is 5.69 Å². The van der Waals surface area contributed by atoms with E-state index in [9.17, 15) is 9.59 Å². The van der Waals surface area contributed by atoms with Gasteiger partial charge in [0.25, 0.3) is 0 Å². The normalized spacial score (nSPS) is 19.2. The largest absolute Gasteiger partial charge is 0.497 e. The number of amides is 1. The first-order valence-corrected chi connectivity index (χ1v) is 4.81. The number of rotatable bonds is 3. The van der Waals surface area contributed by atoms with Crippen molar-refractivity contribution in [1.29, 1.82) is 0 Å². The van der Waals surface area contributed by atoms with E-state index in [0.29, 0.717) is 11.4 Å². The first kappa shape index (κ1) is 10.5. The number of anilines is 1. The van der Waals surface area contributed by atoms with E-state index in [1.54, 1.807) is 31.4 Å². The molecule has 84 valence electrons. The molecule has 1 aromatic rings. The molecule has 0 saturated carbocycles. The molecule has 0 spiro atoms. The highest BCUT2D eigenvalue weighted by Gasteiger charge is 2.42. The Morgan fingerprint density at radius 1 is 1.44 bits per heavy atom. The number of ether oxygens (including phenoxy) is 1. The van der Waals surface area contributed by atoms with Crippen LogP contribution in [0.15, 0.2) is 24.3 Å². The van der Waals surface area contributed by atoms with Crippen molar-refractivity contribution in [1.82, 2.24) is 0 Å². The molecule has 0 aliphatic carbocycles. The van der Waals surface area contributed by atoms with E-state index in [-0.39, 0.29) is 12.5 Å². The molecule has 1 aliphatic heterocycles. The smallest absolute Gasteiger partial charge is 0.317 e. The van der Waals surface area contributed by atoms with Crippen molar-refractivity contribution in [2.45, 2.75) is 0 Å². The molecule has 1 atom stereocenters. The second-order valence-electron chi connectivity index (χ2n) is 3.54. The predicted molar refractivity (Wildman–Crippen MR) is 56.5 cm³/mol. The van der Waals surface area contributed by atoms with Crippen molar-refractivity contribution in [2.75, 3.05) is 18.6 Å². The van der Waals surface area contributed by atoms with E-state index < -0.39 is 11.9 Å². The fourth-order valence-electron chi connectivity index (χ4n) is 1.60. The zero-order chi connectivity index (χ0) is 11.7. The maximum atomic E-state index is 11.5. The minimum Gasteiger partial charge on any atom is -0.497 e. The summed E-state index contributed by atoms with van der Waals surface area (Å²) in [6, 6.07) is 6.93. The van der Waals surface area contributed by atoms with Crippen LogP contribution in [0.3, 0.4) is 0 Å². The third-order valence-electron chi connectivity index (χ3n) is 2.61. The minimum atomic E-state index is -1.06. The SMILES string of the molecule is COc1ccc(N2CC(C(=O)O)C2=O)cc1. The fourth-order valence-corrected chi connectivity index (χ4v) is 1.60. The lowest BCUT2D eigenvalue weighted by atomic mass is 9.98. The zero-order valence-corrected chi connectivity index (χ0v) is 8.71. The molecule has 0 bridgehead atoms. The van der Waals surface area contributed by atoms with E-state index in [1.807, 2.05) is 0 Å². The van der Waals surface area contributed by atoms with Gasteiger partial charge >= 0.3 is 5.97 Å². The van der Waals surface area contributed by atoms with Crippen LogP contribution in [0.25, 0.3) is 0 Å². The van der Waals surface area contributed by atoms with Crippen LogP contribution >= 0.6 is 0 Å². The van der Waals surface area contributed by atoms with Crippen molar-refractivity contribution < 1.29 is 19.4 Å². The number of β-lactam (4-membered cyclic amide) rings is 1. The summed E-state index contributed by atoms with van der Waals surface area (Å²) < 4.78 is 4.99. The Morgan fingerprint density at radius 2 is 2.06 bits per heavy atom. The van der Waals surface area contributed by atoms with Gasteiger partial charge in [-0.15, -0.1) is 0 Å². The van der Waals surface area contributed by atoms with Crippen molar-refractivity contribution >= 4 is 17.6 Å². The number of hydrogen-bond acceptors (Lipinski definition) is 3. The molecule has 16 heavy (non-hydrogen) atoms. The topological polar surface area (TPSA) is 66.8 Å². The van der Waals surface area contributed by atoms with Gasteiger partial charge < -0.3 is 14.7 Å². The first-order valence-electron chi connectivity index (χ1n) is 4.81. The van der Waals surface area contributed by atoms with Gasteiger partial charge in [0.2, 0.25) is 5.91 Å². The molecule has 0 aromatic heterocycles. The van der Waals surface area contributed by atoms with Gasteiger partial charge in [0.15, 0.2) is 5.92 Å². The lowest BCUT2D eigenvalue weighted by molar-refractivity contribution is -0.149. The van der Waals surface area contributed by atoms with Gasteiger partial charge in [-0.05, 0) is 24.3 Å². The van der Waals surface area contributed by atoms with Gasteiger partial charge in [-0.2, -0.15) is 0 Å². The maximum Gasteiger partial charge on any atom is 0.317 e. The van der Waals surface area contributed by atoms with Crippen LogP contribution in [0, 0.1) is 5.92 Å². The Kier molecular flexibility index (Phi) is 2.52. The molecule has 1 aliphatic rings. The molecular formula is C11H11NO4. The molecule has 1 unspecified atom stereocenters. The van der Waals surface area contributed by atoms with E-state index in [1.165, 1.54) is 4.90 Å². The Labute approximate surface area is 92.2 Å². The lowest BCUT2D eigenvalue weighted by Gasteiger charge is -2.35. The molecule has 1 saturated heterocycles. The maximum absolute atomic E-state index is 11.5. The van der Waals surface area contributed by atoms with Crippen LogP contribution in [0.5, 0.6) is 5.75 Å². The number of carboxylic acids is 1. The summed E-state index contributed by atoms with van der Waals surface area (Å²) in [6.45, 7) is 0.237. The van der Waals surface area contributed by atoms with Gasteiger partial charge in [0, 0.05) is 12.2 Å². The highest BCUT2D eigenvalue weighted by Crippen LogP contribution is 2.27. The lowest BCUT2D eigenvalue weighted by Crippen LogP contribution is -2.56. The standard InChI is InChI=1S/C11H11NO4/c1-16-8-4-2-7(3-5-8)12-6-9(10(12)13)11(14)15/h2-5,9H,6H2,1H3,(H,14,15). The number of benzene rings is 1. The first-order chi connectivity index (χ1) is 7.63. The van der Waals surface area contributed by atoms with Gasteiger partial charge in [-0.25, -0.2) is 0 Å². The summed E-state index contributed by atoms with van der Waals surface area (Å²) in [5.41, 5.74) is 0.698. The van der Waals surface area contributed by atoms with Gasteiger partial charge in [0.05, 0.1) is 7.11 Å². The van der Waals surface area contributed by atoms with Crippen molar-refractivity contribution in [2.24, 2.45) is 5.92 Å². The third-order valence-corrected chi connectivity index (χ3v) is 2.61. The van der Waals surface area contributed by atoms with Gasteiger partial charge in [-0.3, -0.25) is 9.59 Å². The number of hydrogen-bond donors (Lipinski definition) is 1. The number of nitrogens with zero attached hydrogens (tertiary/aromatic N) is 1. The fraction of sp³-hybridized carbons (Fsp3) is 0.273. The minimum absolute atomic E-state index is 0.237. The summed E-state index contributed by atoms with van der Waals surface area (Å²) in [4.78, 5) is 23.5. The Morgan fingerprint density at radius 3 is 2.50 bits per heavy atom. The Bertz CT molecular complexity index is 426. The second kappa shape index (κ2) is 3.84. The summed E-state index contributed by atoms with van der Waals surface area (Å²) in [5, 5.41) is 8.68. The molecule has 5 nitrogen and oxygen atoms in total. The molecule has 2 rings (SSSR count). The van der Waals surface area contributed by atoms with Crippen molar-refractivity contribution in [3.63, 3.8) is 0 Å². The van der Waals surface area contributed by atoms with Crippen LogP contribution < -0.4 is 9.64 Å². The molecular weight excluding hydrogens is 210 g/mol. The summed E-state index contributed by atoms with van der Waals surface area (Å²) in [7, 11) is 1.56. The number of carboxylic acid groups (broad SMARTS) is 1. The number of carbonyl (C=O) groups is 2. The summed E-state index contributed by atoms with van der Waals surface area (Å²) in [6.07, 6.45) is 0. The van der Waals surface area contributed by atoms with E-state index >= 15 is 0 Å². The molecule has 1 fully saturated rings. The van der Waals surface area contributed by atoms with E-state index in [0.717, 1.165) is 0 Å². The van der Waals surface area contributed by atoms with Crippen molar-refractivity contribution in [3.05, 3.63) is 24.3 Å². The average molecular weight is 221 g/mol. The molecule has 0 radical (unpaired) electrons. The quantitative estimate of drug-likeness (QED) is 0.604. The van der Waals surface area contributed by atoms with Crippen LogP contribution in [0.2, 0.25) is 0 Å². The molecule has 1 aromatic carbocycles. The number of aliphatic carboxylic acids is 1. The zero-order valence-electron chi connectivity index (χ0n) is 8.71. The number of carbonyl (C=O) groups excluding carboxylic acids is 1. The molecule has 1 N–H and O–H groups in total. The van der Waals surface area contributed by atoms with Crippen molar-refractivity contribution in [3.8, 4) is 5.75 Å². The Balaban J connectivity index is 2.10. The number of methoxy groups -OCH3 is 1. The molecule has 1 heterocycles. The molecule has 5 heteroatoms. The van der Waals surface area contributed by atoms with E-state index in [2.05, 4.69) is 0 Å². The van der Waals surface area contributed by atoms with Crippen LogP contribution in [-0.2, 0) is 9.59 Å². The summed E-state index contributed by atoms with van der Waals surface area (Å²) >= 11 is 0.